The molecule has 0 unspecified atom stereocenters. The van der Waals surface area contributed by atoms with Crippen LogP contribution in [-0.4, -0.2) is 60.1 Å². The largest absolute Gasteiger partial charge is 0.497 e. The highest BCUT2D eigenvalue weighted by Gasteiger charge is 2.39. The lowest BCUT2D eigenvalue weighted by Crippen LogP contribution is -2.43. The van der Waals surface area contributed by atoms with E-state index in [4.69, 9.17) is 4.74 Å². The molecule has 1 N–H and O–H groups in total. The molecule has 3 amide bonds. The summed E-state index contributed by atoms with van der Waals surface area (Å²) in [5.74, 6) is 1.61. The Kier molecular flexibility index (Phi) is 7.01. The number of benzene rings is 1. The Morgan fingerprint density at radius 1 is 1.19 bits per heavy atom. The molecule has 2 aliphatic rings. The van der Waals surface area contributed by atoms with E-state index in [0.29, 0.717) is 13.1 Å². The Balaban J connectivity index is 1.73. The van der Waals surface area contributed by atoms with Crippen molar-refractivity contribution in [3.63, 3.8) is 0 Å². The summed E-state index contributed by atoms with van der Waals surface area (Å²) >= 11 is 1.69. The fraction of sp³-hybridized carbons (Fsp3) is 0.600. The lowest BCUT2D eigenvalue weighted by Gasteiger charge is -2.32. The summed E-state index contributed by atoms with van der Waals surface area (Å²) in [5, 5.41) is 2.84. The lowest BCUT2D eigenvalue weighted by molar-refractivity contribution is -0.129. The maximum atomic E-state index is 12.7. The molecule has 0 saturated carbocycles. The SMILES string of the molecule is COc1ccc([C@H]2CCCCCN2CN2C(=O)N[C@@H](CCSC)C2=O)cc1. The number of urea groups is 1. The Hall–Kier alpha value is -1.73. The zero-order valence-electron chi connectivity index (χ0n) is 16.1. The Labute approximate surface area is 165 Å². The van der Waals surface area contributed by atoms with E-state index in [2.05, 4.69) is 22.3 Å². The van der Waals surface area contributed by atoms with Gasteiger partial charge in [0.1, 0.15) is 11.8 Å². The lowest BCUT2D eigenvalue weighted by atomic mass is 10.0. The van der Waals surface area contributed by atoms with E-state index < -0.39 is 0 Å². The number of rotatable bonds is 7. The molecule has 2 atom stereocenters. The summed E-state index contributed by atoms with van der Waals surface area (Å²) in [7, 11) is 1.66. The van der Waals surface area contributed by atoms with Crippen molar-refractivity contribution in [1.82, 2.24) is 15.1 Å². The van der Waals surface area contributed by atoms with Gasteiger partial charge in [-0.25, -0.2) is 9.69 Å². The van der Waals surface area contributed by atoms with E-state index in [0.717, 1.165) is 37.3 Å². The zero-order valence-corrected chi connectivity index (χ0v) is 17.0. The van der Waals surface area contributed by atoms with Crippen molar-refractivity contribution in [2.75, 3.05) is 32.3 Å². The number of hydrogen-bond acceptors (Lipinski definition) is 5. The second-order valence-electron chi connectivity index (χ2n) is 7.14. The number of nitrogens with one attached hydrogen (secondary N) is 1. The number of hydrogen-bond donors (Lipinski definition) is 1. The van der Waals surface area contributed by atoms with Gasteiger partial charge in [0.25, 0.3) is 5.91 Å². The van der Waals surface area contributed by atoms with Crippen molar-refractivity contribution in [1.29, 1.82) is 0 Å². The first-order valence-electron chi connectivity index (χ1n) is 9.63. The van der Waals surface area contributed by atoms with Gasteiger partial charge in [0, 0.05) is 12.6 Å². The van der Waals surface area contributed by atoms with Gasteiger partial charge in [-0.1, -0.05) is 25.0 Å². The van der Waals surface area contributed by atoms with Crippen molar-refractivity contribution >= 4 is 23.7 Å². The molecule has 2 fully saturated rings. The van der Waals surface area contributed by atoms with Crippen LogP contribution in [0.1, 0.15) is 43.7 Å². The van der Waals surface area contributed by atoms with Gasteiger partial charge in [-0.15, -0.1) is 0 Å². The molecule has 2 aliphatic heterocycles. The zero-order chi connectivity index (χ0) is 19.2. The fourth-order valence-corrected chi connectivity index (χ4v) is 4.34. The molecule has 7 heteroatoms. The number of ether oxygens (including phenoxy) is 1. The second kappa shape index (κ2) is 9.46. The first-order valence-corrected chi connectivity index (χ1v) is 11.0. The van der Waals surface area contributed by atoms with Gasteiger partial charge >= 0.3 is 6.03 Å². The predicted molar refractivity (Wildman–Crippen MR) is 108 cm³/mol. The summed E-state index contributed by atoms with van der Waals surface area (Å²) in [6, 6.07) is 7.71. The molecule has 148 valence electrons. The molecule has 27 heavy (non-hydrogen) atoms. The van der Waals surface area contributed by atoms with Crippen LogP contribution in [-0.2, 0) is 4.79 Å². The molecule has 2 heterocycles. The van der Waals surface area contributed by atoms with E-state index in [1.165, 1.54) is 16.9 Å². The van der Waals surface area contributed by atoms with E-state index in [1.807, 2.05) is 18.4 Å². The van der Waals surface area contributed by atoms with Gasteiger partial charge in [-0.05, 0) is 49.0 Å². The molecule has 0 aromatic heterocycles. The number of methoxy groups -OCH3 is 1. The topological polar surface area (TPSA) is 61.9 Å². The van der Waals surface area contributed by atoms with Gasteiger partial charge in [0.05, 0.1) is 13.8 Å². The number of imide groups is 1. The van der Waals surface area contributed by atoms with E-state index >= 15 is 0 Å². The Morgan fingerprint density at radius 2 is 1.96 bits per heavy atom. The summed E-state index contributed by atoms with van der Waals surface area (Å²) in [5.41, 5.74) is 1.21. The molecule has 2 saturated heterocycles. The van der Waals surface area contributed by atoms with Crippen LogP contribution in [0.2, 0.25) is 0 Å². The van der Waals surface area contributed by atoms with Crippen molar-refractivity contribution in [3.8, 4) is 5.75 Å². The summed E-state index contributed by atoms with van der Waals surface area (Å²) < 4.78 is 5.27. The maximum Gasteiger partial charge on any atom is 0.325 e. The fourth-order valence-electron chi connectivity index (χ4n) is 3.86. The predicted octanol–water partition coefficient (Wildman–Crippen LogP) is 3.24. The van der Waals surface area contributed by atoms with Crippen LogP contribution >= 0.6 is 11.8 Å². The third kappa shape index (κ3) is 4.76. The third-order valence-electron chi connectivity index (χ3n) is 5.40. The van der Waals surface area contributed by atoms with Gasteiger partial charge in [-0.2, -0.15) is 11.8 Å². The minimum Gasteiger partial charge on any atom is -0.497 e. The first-order chi connectivity index (χ1) is 13.1. The second-order valence-corrected chi connectivity index (χ2v) is 8.13. The van der Waals surface area contributed by atoms with Crippen molar-refractivity contribution in [2.24, 2.45) is 0 Å². The summed E-state index contributed by atoms with van der Waals surface area (Å²) in [6.45, 7) is 1.25. The Morgan fingerprint density at radius 3 is 2.67 bits per heavy atom. The van der Waals surface area contributed by atoms with Gasteiger partial charge in [0.2, 0.25) is 0 Å². The summed E-state index contributed by atoms with van der Waals surface area (Å²) in [6.07, 6.45) is 7.15. The highest BCUT2D eigenvalue weighted by atomic mass is 32.2. The molecular weight excluding hydrogens is 362 g/mol. The number of nitrogens with zero attached hydrogens (tertiary/aromatic N) is 2. The first kappa shape index (κ1) is 20.0. The maximum absolute atomic E-state index is 12.7. The number of amides is 3. The molecule has 6 nitrogen and oxygen atoms in total. The monoisotopic (exact) mass is 391 g/mol. The molecule has 1 aromatic carbocycles. The minimum absolute atomic E-state index is 0.0909. The molecule has 3 rings (SSSR count). The summed E-state index contributed by atoms with van der Waals surface area (Å²) in [4.78, 5) is 28.8. The molecule has 0 spiro atoms. The smallest absolute Gasteiger partial charge is 0.325 e. The molecule has 0 aliphatic carbocycles. The van der Waals surface area contributed by atoms with E-state index in [1.54, 1.807) is 18.9 Å². The van der Waals surface area contributed by atoms with Gasteiger partial charge in [0.15, 0.2) is 0 Å². The highest BCUT2D eigenvalue weighted by molar-refractivity contribution is 7.98. The molecule has 0 radical (unpaired) electrons. The van der Waals surface area contributed by atoms with Crippen LogP contribution in [0.4, 0.5) is 4.79 Å². The third-order valence-corrected chi connectivity index (χ3v) is 6.05. The van der Waals surface area contributed by atoms with Crippen molar-refractivity contribution in [3.05, 3.63) is 29.8 Å². The molecular formula is C20H29N3O3S. The van der Waals surface area contributed by atoms with Crippen molar-refractivity contribution in [2.45, 2.75) is 44.2 Å². The average Bonchev–Trinajstić information content (AvgIpc) is 2.85. The van der Waals surface area contributed by atoms with Gasteiger partial charge < -0.3 is 10.1 Å². The quantitative estimate of drug-likeness (QED) is 0.723. The van der Waals surface area contributed by atoms with Crippen LogP contribution in [0.3, 0.4) is 0 Å². The molecule has 1 aromatic rings. The van der Waals surface area contributed by atoms with Crippen LogP contribution in [0.5, 0.6) is 5.75 Å². The number of carbonyl (C=O) groups excluding carboxylic acids is 2. The van der Waals surface area contributed by atoms with E-state index in [-0.39, 0.29) is 24.0 Å². The average molecular weight is 392 g/mol. The number of carbonyl (C=O) groups is 2. The van der Waals surface area contributed by atoms with Crippen LogP contribution in [0.25, 0.3) is 0 Å². The van der Waals surface area contributed by atoms with Crippen LogP contribution in [0, 0.1) is 0 Å². The Bertz CT molecular complexity index is 652. The standard InChI is InChI=1S/C20H29N3O3S/c1-26-16-9-7-15(8-10-16)18-6-4-3-5-12-22(18)14-23-19(24)17(11-13-27-2)21-20(23)25/h7-10,17-18H,3-6,11-14H2,1-2H3,(H,21,25)/t17-,18+/m0/s1. The highest BCUT2D eigenvalue weighted by Crippen LogP contribution is 2.31. The minimum atomic E-state index is -0.378. The van der Waals surface area contributed by atoms with Crippen molar-refractivity contribution < 1.29 is 14.3 Å². The van der Waals surface area contributed by atoms with Crippen LogP contribution in [0.15, 0.2) is 24.3 Å². The van der Waals surface area contributed by atoms with Crippen LogP contribution < -0.4 is 10.1 Å². The normalized spacial score (nSPS) is 24.0. The van der Waals surface area contributed by atoms with E-state index in [9.17, 15) is 9.59 Å². The number of thioether (sulfide) groups is 1. The van der Waals surface area contributed by atoms with Gasteiger partial charge in [-0.3, -0.25) is 9.69 Å². The number of likely N-dealkylation sites (tertiary alicyclic amines) is 1. The molecule has 0 bridgehead atoms.